The number of hydrogen-bond donors (Lipinski definition) is 3. The van der Waals surface area contributed by atoms with E-state index < -0.39 is 0 Å². The van der Waals surface area contributed by atoms with Crippen LogP contribution < -0.4 is 10.6 Å². The predicted octanol–water partition coefficient (Wildman–Crippen LogP) is 3.85. The monoisotopic (exact) mass is 320 g/mol. The summed E-state index contributed by atoms with van der Waals surface area (Å²) in [5.74, 6) is 2.83. The Balaban J connectivity index is 1.86. The molecule has 0 unspecified atom stereocenters. The van der Waals surface area contributed by atoms with Gasteiger partial charge in [0.25, 0.3) is 0 Å². The van der Waals surface area contributed by atoms with Gasteiger partial charge in [-0.1, -0.05) is 36.4 Å². The molecule has 0 fully saturated rings. The standard InChI is InChI=1S/C18H20N6/c1-3-19-16-12-17(22-18-11-13(2)23-24-18)21-15(20-16)10-9-14-7-5-4-6-8-14/h4-12H,3H2,1-2H3,(H3,19,20,21,22,23,24)/b10-9+. The van der Waals surface area contributed by atoms with Crippen molar-refractivity contribution in [2.24, 2.45) is 0 Å². The summed E-state index contributed by atoms with van der Waals surface area (Å²) in [7, 11) is 0. The zero-order chi connectivity index (χ0) is 16.8. The number of aromatic nitrogens is 4. The smallest absolute Gasteiger partial charge is 0.156 e. The van der Waals surface area contributed by atoms with E-state index >= 15 is 0 Å². The van der Waals surface area contributed by atoms with E-state index in [9.17, 15) is 0 Å². The highest BCUT2D eigenvalue weighted by Crippen LogP contribution is 2.17. The molecular weight excluding hydrogens is 300 g/mol. The maximum atomic E-state index is 4.53. The fraction of sp³-hybridized carbons (Fsp3) is 0.167. The van der Waals surface area contributed by atoms with E-state index in [4.69, 9.17) is 0 Å². The molecule has 0 aliphatic heterocycles. The second-order valence-corrected chi connectivity index (χ2v) is 5.33. The summed E-state index contributed by atoms with van der Waals surface area (Å²) in [5.41, 5.74) is 2.09. The SMILES string of the molecule is CCNc1cc(Nc2cc(C)[nH]n2)nc(/C=C/c2ccccc2)n1. The Morgan fingerprint density at radius 1 is 1.00 bits per heavy atom. The van der Waals surface area contributed by atoms with Gasteiger partial charge in [0, 0.05) is 24.4 Å². The first-order valence-electron chi connectivity index (χ1n) is 7.88. The molecule has 0 saturated heterocycles. The van der Waals surface area contributed by atoms with Crippen molar-refractivity contribution in [1.82, 2.24) is 20.2 Å². The first-order chi connectivity index (χ1) is 11.7. The molecule has 122 valence electrons. The van der Waals surface area contributed by atoms with E-state index in [1.165, 1.54) is 0 Å². The molecule has 0 spiro atoms. The number of aryl methyl sites for hydroxylation is 1. The molecule has 6 nitrogen and oxygen atoms in total. The number of aromatic amines is 1. The van der Waals surface area contributed by atoms with Crippen LogP contribution in [0.25, 0.3) is 12.2 Å². The molecular formula is C18H20N6. The van der Waals surface area contributed by atoms with Crippen LogP contribution in [-0.4, -0.2) is 26.7 Å². The Morgan fingerprint density at radius 2 is 1.79 bits per heavy atom. The number of anilines is 3. The fourth-order valence-electron chi connectivity index (χ4n) is 2.22. The van der Waals surface area contributed by atoms with E-state index in [2.05, 4.69) is 30.8 Å². The van der Waals surface area contributed by atoms with Gasteiger partial charge in [-0.2, -0.15) is 5.10 Å². The second-order valence-electron chi connectivity index (χ2n) is 5.33. The van der Waals surface area contributed by atoms with Gasteiger partial charge in [-0.25, -0.2) is 9.97 Å². The molecule has 0 atom stereocenters. The Morgan fingerprint density at radius 3 is 2.50 bits per heavy atom. The fourth-order valence-corrected chi connectivity index (χ4v) is 2.22. The lowest BCUT2D eigenvalue weighted by atomic mass is 10.2. The summed E-state index contributed by atoms with van der Waals surface area (Å²) in [5, 5.41) is 13.5. The number of rotatable bonds is 6. The average Bonchev–Trinajstić information content (AvgIpc) is 2.99. The van der Waals surface area contributed by atoms with Crippen LogP contribution in [0.3, 0.4) is 0 Å². The number of hydrogen-bond acceptors (Lipinski definition) is 5. The van der Waals surface area contributed by atoms with Crippen molar-refractivity contribution in [3.63, 3.8) is 0 Å². The maximum Gasteiger partial charge on any atom is 0.156 e. The molecule has 0 saturated carbocycles. The van der Waals surface area contributed by atoms with Crippen LogP contribution in [0.4, 0.5) is 17.5 Å². The lowest BCUT2D eigenvalue weighted by Crippen LogP contribution is -2.04. The molecule has 0 radical (unpaired) electrons. The molecule has 2 heterocycles. The first-order valence-corrected chi connectivity index (χ1v) is 7.88. The van der Waals surface area contributed by atoms with Crippen molar-refractivity contribution < 1.29 is 0 Å². The van der Waals surface area contributed by atoms with Crippen LogP contribution in [-0.2, 0) is 0 Å². The molecule has 3 rings (SSSR count). The molecule has 2 aromatic heterocycles. The van der Waals surface area contributed by atoms with Crippen LogP contribution >= 0.6 is 0 Å². The van der Waals surface area contributed by atoms with Crippen molar-refractivity contribution in [1.29, 1.82) is 0 Å². The van der Waals surface area contributed by atoms with Gasteiger partial charge in [-0.3, -0.25) is 5.10 Å². The summed E-state index contributed by atoms with van der Waals surface area (Å²) in [4.78, 5) is 9.04. The zero-order valence-electron chi connectivity index (χ0n) is 13.7. The Kier molecular flexibility index (Phi) is 4.86. The number of nitrogens with zero attached hydrogens (tertiary/aromatic N) is 3. The molecule has 0 aliphatic carbocycles. The van der Waals surface area contributed by atoms with E-state index in [-0.39, 0.29) is 0 Å². The quantitative estimate of drug-likeness (QED) is 0.643. The van der Waals surface area contributed by atoms with Crippen molar-refractivity contribution in [2.45, 2.75) is 13.8 Å². The third-order valence-electron chi connectivity index (χ3n) is 3.29. The van der Waals surface area contributed by atoms with E-state index in [0.29, 0.717) is 11.6 Å². The van der Waals surface area contributed by atoms with Crippen LogP contribution in [0.2, 0.25) is 0 Å². The minimum atomic E-state index is 0.632. The molecule has 1 aromatic carbocycles. The van der Waals surface area contributed by atoms with Crippen molar-refractivity contribution in [3.05, 3.63) is 59.5 Å². The number of H-pyrrole nitrogens is 1. The maximum absolute atomic E-state index is 4.53. The van der Waals surface area contributed by atoms with Gasteiger partial charge < -0.3 is 10.6 Å². The van der Waals surface area contributed by atoms with Gasteiger partial charge in [-0.05, 0) is 25.5 Å². The third kappa shape index (κ3) is 4.19. The minimum Gasteiger partial charge on any atom is -0.370 e. The normalized spacial score (nSPS) is 10.9. The van der Waals surface area contributed by atoms with Gasteiger partial charge in [-0.15, -0.1) is 0 Å². The third-order valence-corrected chi connectivity index (χ3v) is 3.29. The highest BCUT2D eigenvalue weighted by Gasteiger charge is 2.05. The van der Waals surface area contributed by atoms with E-state index in [1.54, 1.807) is 0 Å². The van der Waals surface area contributed by atoms with Gasteiger partial charge in [0.15, 0.2) is 11.6 Å². The largest absolute Gasteiger partial charge is 0.370 e. The molecule has 0 amide bonds. The molecule has 3 aromatic rings. The van der Waals surface area contributed by atoms with Gasteiger partial charge in [0.2, 0.25) is 0 Å². The van der Waals surface area contributed by atoms with Crippen LogP contribution in [0, 0.1) is 6.92 Å². The van der Waals surface area contributed by atoms with Crippen LogP contribution in [0.1, 0.15) is 24.0 Å². The summed E-state index contributed by atoms with van der Waals surface area (Å²) >= 11 is 0. The van der Waals surface area contributed by atoms with Gasteiger partial charge >= 0.3 is 0 Å². The summed E-state index contributed by atoms with van der Waals surface area (Å²) < 4.78 is 0. The van der Waals surface area contributed by atoms with Crippen molar-refractivity contribution >= 4 is 29.6 Å². The van der Waals surface area contributed by atoms with E-state index in [1.807, 2.05) is 68.5 Å². The predicted molar refractivity (Wildman–Crippen MR) is 98.2 cm³/mol. The molecule has 3 N–H and O–H groups in total. The Hall–Kier alpha value is -3.15. The second kappa shape index (κ2) is 7.41. The van der Waals surface area contributed by atoms with Gasteiger partial charge in [0.1, 0.15) is 11.6 Å². The lowest BCUT2D eigenvalue weighted by molar-refractivity contribution is 1.04. The van der Waals surface area contributed by atoms with Crippen LogP contribution in [0.5, 0.6) is 0 Å². The van der Waals surface area contributed by atoms with Gasteiger partial charge in [0.05, 0.1) is 0 Å². The van der Waals surface area contributed by atoms with Crippen molar-refractivity contribution in [3.8, 4) is 0 Å². The zero-order valence-corrected chi connectivity index (χ0v) is 13.7. The average molecular weight is 320 g/mol. The van der Waals surface area contributed by atoms with E-state index in [0.717, 1.165) is 29.4 Å². The first kappa shape index (κ1) is 15.7. The van der Waals surface area contributed by atoms with Crippen LogP contribution in [0.15, 0.2) is 42.5 Å². The molecule has 24 heavy (non-hydrogen) atoms. The summed E-state index contributed by atoms with van der Waals surface area (Å²) in [6.45, 7) is 4.78. The number of nitrogens with one attached hydrogen (secondary N) is 3. The van der Waals surface area contributed by atoms with Crippen molar-refractivity contribution in [2.75, 3.05) is 17.2 Å². The minimum absolute atomic E-state index is 0.632. The molecule has 6 heteroatoms. The number of benzene rings is 1. The highest BCUT2D eigenvalue weighted by molar-refractivity contribution is 5.68. The summed E-state index contributed by atoms with van der Waals surface area (Å²) in [6.07, 6.45) is 3.89. The topological polar surface area (TPSA) is 78.5 Å². The molecule has 0 bridgehead atoms. The lowest BCUT2D eigenvalue weighted by Gasteiger charge is -2.07. The Bertz CT molecular complexity index is 823. The highest BCUT2D eigenvalue weighted by atomic mass is 15.2. The Labute approximate surface area is 141 Å². The summed E-state index contributed by atoms with van der Waals surface area (Å²) in [6, 6.07) is 13.9. The molecule has 0 aliphatic rings.